The summed E-state index contributed by atoms with van der Waals surface area (Å²) < 4.78 is 14.2. The number of carboxylic acids is 1. The lowest BCUT2D eigenvalue weighted by molar-refractivity contribution is -0.389. The quantitative estimate of drug-likeness (QED) is 0.571. The number of carboxylic acid groups (broad SMARTS) is 1. The third-order valence-electron chi connectivity index (χ3n) is 3.54. The Morgan fingerprint density at radius 2 is 2.04 bits per heavy atom. The highest BCUT2D eigenvalue weighted by Crippen LogP contribution is 2.16. The Kier molecular flexibility index (Phi) is 5.42. The van der Waals surface area contributed by atoms with Crippen LogP contribution in [0.5, 0.6) is 0 Å². The molecule has 0 radical (unpaired) electrons. The van der Waals surface area contributed by atoms with Crippen LogP contribution in [0.3, 0.4) is 0 Å². The van der Waals surface area contributed by atoms with Crippen molar-refractivity contribution in [1.29, 1.82) is 0 Å². The molecule has 132 valence electrons. The normalized spacial score (nSPS) is 11.8. The van der Waals surface area contributed by atoms with Crippen LogP contribution in [0.25, 0.3) is 0 Å². The van der Waals surface area contributed by atoms with E-state index in [1.165, 1.54) is 23.6 Å². The molecule has 1 heterocycles. The zero-order chi connectivity index (χ0) is 18.6. The number of aliphatic carboxylic acids is 1. The fourth-order valence-corrected chi connectivity index (χ4v) is 2.21. The zero-order valence-corrected chi connectivity index (χ0v) is 13.2. The molecule has 2 N–H and O–H groups in total. The molecule has 0 aliphatic rings. The van der Waals surface area contributed by atoms with Gasteiger partial charge < -0.3 is 20.5 Å². The Morgan fingerprint density at radius 3 is 2.56 bits per heavy atom. The number of rotatable bonds is 7. The fraction of sp³-hybridized carbons (Fsp3) is 0.267. The molecule has 2 aromatic rings. The van der Waals surface area contributed by atoms with Gasteiger partial charge in [0.25, 0.3) is 0 Å². The summed E-state index contributed by atoms with van der Waals surface area (Å²) in [6.45, 7) is 1.08. The minimum Gasteiger partial charge on any atom is -0.481 e. The topological polar surface area (TPSA) is 127 Å². The molecule has 1 aromatic carbocycles. The van der Waals surface area contributed by atoms with Gasteiger partial charge in [0.2, 0.25) is 11.7 Å². The molecule has 0 spiro atoms. The molecular weight excluding hydrogens is 335 g/mol. The van der Waals surface area contributed by atoms with Gasteiger partial charge in [-0.1, -0.05) is 12.1 Å². The van der Waals surface area contributed by atoms with Crippen LogP contribution in [0.2, 0.25) is 0 Å². The molecule has 10 heteroatoms. The third-order valence-corrected chi connectivity index (χ3v) is 3.54. The number of nitrogens with one attached hydrogen (secondary N) is 1. The van der Waals surface area contributed by atoms with E-state index in [0.717, 1.165) is 18.3 Å². The second-order valence-electron chi connectivity index (χ2n) is 5.28. The van der Waals surface area contributed by atoms with Crippen LogP contribution in [0.15, 0.2) is 30.5 Å². The van der Waals surface area contributed by atoms with Crippen molar-refractivity contribution in [3.8, 4) is 0 Å². The standard InChI is InChI=1S/C15H15FN4O5/c1-9-18-13(20(24)25)7-19(9)8-14(21)17-6-12(15(22)23)10-2-4-11(16)5-3-10/h2-5,7,12H,6,8H2,1H3,(H,17,21)(H,22,23). The Bertz CT molecular complexity index is 803. The average molecular weight is 350 g/mol. The molecule has 0 saturated carbocycles. The number of halogens is 1. The van der Waals surface area contributed by atoms with Gasteiger partial charge in [-0.25, -0.2) is 4.39 Å². The van der Waals surface area contributed by atoms with Gasteiger partial charge in [0.15, 0.2) is 0 Å². The summed E-state index contributed by atoms with van der Waals surface area (Å²) in [6.07, 6.45) is 1.13. The first-order chi connectivity index (χ1) is 11.8. The Morgan fingerprint density at radius 1 is 1.40 bits per heavy atom. The number of benzene rings is 1. The number of carbonyl (C=O) groups excluding carboxylic acids is 1. The summed E-state index contributed by atoms with van der Waals surface area (Å²) in [4.78, 5) is 37.0. The van der Waals surface area contributed by atoms with Crippen LogP contribution in [0.4, 0.5) is 10.2 Å². The maximum atomic E-state index is 12.9. The Balaban J connectivity index is 2.00. The number of aromatic nitrogens is 2. The lowest BCUT2D eigenvalue weighted by atomic mass is 9.99. The minimum atomic E-state index is -1.17. The number of hydrogen-bond donors (Lipinski definition) is 2. The van der Waals surface area contributed by atoms with E-state index in [9.17, 15) is 29.2 Å². The predicted octanol–water partition coefficient (Wildman–Crippen LogP) is 1.22. The summed E-state index contributed by atoms with van der Waals surface area (Å²) in [5.74, 6) is -3.31. The SMILES string of the molecule is Cc1nc([N+](=O)[O-])cn1CC(=O)NCC(C(=O)O)c1ccc(F)cc1. The molecule has 0 aliphatic carbocycles. The van der Waals surface area contributed by atoms with Crippen LogP contribution >= 0.6 is 0 Å². The highest BCUT2D eigenvalue weighted by atomic mass is 19.1. The van der Waals surface area contributed by atoms with Crippen LogP contribution in [-0.4, -0.2) is 38.0 Å². The Labute approximate surface area is 141 Å². The van der Waals surface area contributed by atoms with Gasteiger partial charge in [-0.15, -0.1) is 0 Å². The second kappa shape index (κ2) is 7.51. The van der Waals surface area contributed by atoms with Gasteiger partial charge in [0, 0.05) is 13.5 Å². The molecule has 2 rings (SSSR count). The number of amides is 1. The predicted molar refractivity (Wildman–Crippen MR) is 83.4 cm³/mol. The number of hydrogen-bond acceptors (Lipinski definition) is 5. The number of nitro groups is 1. The summed E-state index contributed by atoms with van der Waals surface area (Å²) in [7, 11) is 0. The monoisotopic (exact) mass is 350 g/mol. The van der Waals surface area contributed by atoms with E-state index in [0.29, 0.717) is 5.56 Å². The van der Waals surface area contributed by atoms with Crippen LogP contribution < -0.4 is 5.32 Å². The van der Waals surface area contributed by atoms with Crippen LogP contribution in [0.1, 0.15) is 17.3 Å². The third kappa shape index (κ3) is 4.59. The number of nitrogens with zero attached hydrogens (tertiary/aromatic N) is 3. The van der Waals surface area contributed by atoms with Gasteiger partial charge in [-0.05, 0) is 27.6 Å². The molecule has 1 atom stereocenters. The number of carbonyl (C=O) groups is 2. The van der Waals surface area contributed by atoms with Crippen molar-refractivity contribution in [2.45, 2.75) is 19.4 Å². The first-order valence-electron chi connectivity index (χ1n) is 7.21. The van der Waals surface area contributed by atoms with Crippen molar-refractivity contribution < 1.29 is 24.0 Å². The average Bonchev–Trinajstić information content (AvgIpc) is 2.90. The van der Waals surface area contributed by atoms with Crippen molar-refractivity contribution in [2.75, 3.05) is 6.54 Å². The number of aryl methyl sites for hydroxylation is 1. The molecule has 0 aliphatic heterocycles. The summed E-state index contributed by atoms with van der Waals surface area (Å²) in [5.41, 5.74) is 0.351. The van der Waals surface area contributed by atoms with Gasteiger partial charge in [0.05, 0.1) is 5.92 Å². The van der Waals surface area contributed by atoms with E-state index >= 15 is 0 Å². The van der Waals surface area contributed by atoms with E-state index in [1.54, 1.807) is 0 Å². The van der Waals surface area contributed by atoms with E-state index in [2.05, 4.69) is 10.3 Å². The lowest BCUT2D eigenvalue weighted by Gasteiger charge is -2.14. The summed E-state index contributed by atoms with van der Waals surface area (Å²) >= 11 is 0. The van der Waals surface area contributed by atoms with Gasteiger partial charge >= 0.3 is 11.8 Å². The first kappa shape index (κ1) is 18.0. The molecule has 1 amide bonds. The van der Waals surface area contributed by atoms with Gasteiger partial charge in [-0.3, -0.25) is 14.2 Å². The number of imidazole rings is 1. The van der Waals surface area contributed by atoms with Crippen molar-refractivity contribution in [1.82, 2.24) is 14.9 Å². The lowest BCUT2D eigenvalue weighted by Crippen LogP contribution is -2.34. The van der Waals surface area contributed by atoms with E-state index in [4.69, 9.17) is 0 Å². The van der Waals surface area contributed by atoms with Crippen LogP contribution in [-0.2, 0) is 16.1 Å². The molecule has 0 bridgehead atoms. The summed E-state index contributed by atoms with van der Waals surface area (Å²) in [6, 6.07) is 4.95. The van der Waals surface area contributed by atoms with Crippen molar-refractivity contribution in [2.24, 2.45) is 0 Å². The molecule has 1 unspecified atom stereocenters. The van der Waals surface area contributed by atoms with Crippen molar-refractivity contribution >= 4 is 17.7 Å². The Hall–Kier alpha value is -3.30. The van der Waals surface area contributed by atoms with Crippen molar-refractivity contribution in [3.63, 3.8) is 0 Å². The van der Waals surface area contributed by atoms with E-state index in [-0.39, 0.29) is 24.7 Å². The van der Waals surface area contributed by atoms with Gasteiger partial charge in [-0.2, -0.15) is 0 Å². The molecule has 25 heavy (non-hydrogen) atoms. The first-order valence-corrected chi connectivity index (χ1v) is 7.21. The highest BCUT2D eigenvalue weighted by Gasteiger charge is 2.22. The molecule has 1 aromatic heterocycles. The zero-order valence-electron chi connectivity index (χ0n) is 13.2. The van der Waals surface area contributed by atoms with Gasteiger partial charge in [0.1, 0.15) is 18.6 Å². The molecule has 0 saturated heterocycles. The molecular formula is C15H15FN4O5. The second-order valence-corrected chi connectivity index (χ2v) is 5.28. The maximum Gasteiger partial charge on any atom is 0.381 e. The highest BCUT2D eigenvalue weighted by molar-refractivity contribution is 5.79. The van der Waals surface area contributed by atoms with E-state index in [1.807, 2.05) is 0 Å². The molecule has 9 nitrogen and oxygen atoms in total. The largest absolute Gasteiger partial charge is 0.481 e. The van der Waals surface area contributed by atoms with Crippen molar-refractivity contribution in [3.05, 3.63) is 57.8 Å². The van der Waals surface area contributed by atoms with Crippen LogP contribution in [0, 0.1) is 22.9 Å². The maximum absolute atomic E-state index is 12.9. The molecule has 0 fully saturated rings. The van der Waals surface area contributed by atoms with E-state index < -0.39 is 28.5 Å². The minimum absolute atomic E-state index is 0.199. The summed E-state index contributed by atoms with van der Waals surface area (Å²) in [5, 5.41) is 22.4. The smallest absolute Gasteiger partial charge is 0.381 e. The fourth-order valence-electron chi connectivity index (χ4n) is 2.21.